The predicted octanol–water partition coefficient (Wildman–Crippen LogP) is 2.18. The van der Waals surface area contributed by atoms with Gasteiger partial charge in [0.15, 0.2) is 0 Å². The van der Waals surface area contributed by atoms with Crippen molar-refractivity contribution in [2.24, 2.45) is 0 Å². The third-order valence-electron chi connectivity index (χ3n) is 3.71. The van der Waals surface area contributed by atoms with Crippen molar-refractivity contribution in [1.29, 1.82) is 0 Å². The highest BCUT2D eigenvalue weighted by Gasteiger charge is 2.25. The molecule has 0 heterocycles. The van der Waals surface area contributed by atoms with Crippen LogP contribution in [0.1, 0.15) is 18.4 Å². The lowest BCUT2D eigenvalue weighted by molar-refractivity contribution is 0.105. The summed E-state index contributed by atoms with van der Waals surface area (Å²) < 4.78 is 6.56. The molecule has 21 heavy (non-hydrogen) atoms. The zero-order valence-electron chi connectivity index (χ0n) is 12.8. The van der Waals surface area contributed by atoms with Gasteiger partial charge < -0.3 is 20.1 Å². The van der Waals surface area contributed by atoms with Crippen molar-refractivity contribution in [2.45, 2.75) is 31.9 Å². The number of rotatable bonds is 9. The summed E-state index contributed by atoms with van der Waals surface area (Å²) in [7, 11) is 2.16. The van der Waals surface area contributed by atoms with Crippen molar-refractivity contribution in [3.8, 4) is 5.75 Å². The lowest BCUT2D eigenvalue weighted by Gasteiger charge is -2.17. The fraction of sp³-hybridized carbons (Fsp3) is 0.625. The third kappa shape index (κ3) is 5.94. The van der Waals surface area contributed by atoms with Gasteiger partial charge in [0.2, 0.25) is 0 Å². The molecule has 0 saturated heterocycles. The number of aryl methyl sites for hydroxylation is 1. The molecule has 1 atom stereocenters. The number of ether oxygens (including phenoxy) is 1. The highest BCUT2D eigenvalue weighted by molar-refractivity contribution is 9.10. The van der Waals surface area contributed by atoms with Crippen molar-refractivity contribution in [2.75, 3.05) is 33.3 Å². The fourth-order valence-electron chi connectivity index (χ4n) is 2.19. The zero-order chi connectivity index (χ0) is 15.2. The van der Waals surface area contributed by atoms with Crippen LogP contribution < -0.4 is 10.1 Å². The van der Waals surface area contributed by atoms with E-state index in [1.807, 2.05) is 25.1 Å². The van der Waals surface area contributed by atoms with Gasteiger partial charge in [-0.3, -0.25) is 0 Å². The molecule has 4 nitrogen and oxygen atoms in total. The smallest absolute Gasteiger partial charge is 0.133 e. The van der Waals surface area contributed by atoms with Gasteiger partial charge in [0.05, 0.1) is 4.47 Å². The van der Waals surface area contributed by atoms with E-state index in [9.17, 15) is 5.11 Å². The summed E-state index contributed by atoms with van der Waals surface area (Å²) in [6, 6.07) is 6.72. The van der Waals surface area contributed by atoms with Gasteiger partial charge in [0.1, 0.15) is 18.5 Å². The van der Waals surface area contributed by atoms with Crippen LogP contribution in [0.4, 0.5) is 0 Å². The maximum Gasteiger partial charge on any atom is 0.133 e. The maximum absolute atomic E-state index is 9.93. The number of halogens is 1. The molecule has 1 aliphatic carbocycles. The number of benzene rings is 1. The second kappa shape index (κ2) is 8.13. The van der Waals surface area contributed by atoms with E-state index < -0.39 is 6.10 Å². The summed E-state index contributed by atoms with van der Waals surface area (Å²) in [4.78, 5) is 2.37. The molecule has 2 N–H and O–H groups in total. The Labute approximate surface area is 135 Å². The molecule has 1 unspecified atom stereocenters. The topological polar surface area (TPSA) is 44.7 Å². The Kier molecular flexibility index (Phi) is 6.48. The molecule has 0 aromatic heterocycles. The van der Waals surface area contributed by atoms with Crippen LogP contribution in [0.3, 0.4) is 0 Å². The highest BCUT2D eigenvalue weighted by atomic mass is 79.9. The van der Waals surface area contributed by atoms with Gasteiger partial charge in [0, 0.05) is 25.7 Å². The number of hydrogen-bond acceptors (Lipinski definition) is 4. The first-order valence-corrected chi connectivity index (χ1v) is 8.33. The van der Waals surface area contributed by atoms with Crippen molar-refractivity contribution in [1.82, 2.24) is 10.2 Å². The van der Waals surface area contributed by atoms with Gasteiger partial charge >= 0.3 is 0 Å². The zero-order valence-corrected chi connectivity index (χ0v) is 14.4. The molecule has 2 rings (SSSR count). The molecule has 0 radical (unpaired) electrons. The van der Waals surface area contributed by atoms with Crippen LogP contribution in [0.2, 0.25) is 0 Å². The number of aliphatic hydroxyl groups is 1. The Morgan fingerprint density at radius 1 is 1.48 bits per heavy atom. The van der Waals surface area contributed by atoms with E-state index in [2.05, 4.69) is 33.2 Å². The van der Waals surface area contributed by atoms with Crippen LogP contribution >= 0.6 is 15.9 Å². The van der Waals surface area contributed by atoms with E-state index in [0.717, 1.165) is 29.4 Å². The van der Waals surface area contributed by atoms with Crippen molar-refractivity contribution in [3.05, 3.63) is 28.2 Å². The first-order valence-electron chi connectivity index (χ1n) is 7.54. The normalized spacial score (nSPS) is 16.2. The van der Waals surface area contributed by atoms with E-state index in [-0.39, 0.29) is 0 Å². The van der Waals surface area contributed by atoms with Crippen LogP contribution in [-0.2, 0) is 0 Å². The molecular formula is C16H25BrN2O2. The molecule has 1 saturated carbocycles. The van der Waals surface area contributed by atoms with Crippen LogP contribution in [-0.4, -0.2) is 55.4 Å². The molecule has 0 bridgehead atoms. The Balaban J connectivity index is 1.59. The minimum atomic E-state index is -0.496. The number of nitrogens with zero attached hydrogens (tertiary/aromatic N) is 1. The Bertz CT molecular complexity index is 452. The third-order valence-corrected chi connectivity index (χ3v) is 4.33. The van der Waals surface area contributed by atoms with E-state index in [4.69, 9.17) is 4.74 Å². The minimum Gasteiger partial charge on any atom is -0.490 e. The summed E-state index contributed by atoms with van der Waals surface area (Å²) in [5.74, 6) is 0.771. The number of nitrogens with one attached hydrogen (secondary N) is 1. The Morgan fingerprint density at radius 2 is 2.24 bits per heavy atom. The predicted molar refractivity (Wildman–Crippen MR) is 88.9 cm³/mol. The van der Waals surface area contributed by atoms with Crippen LogP contribution in [0.25, 0.3) is 0 Å². The summed E-state index contributed by atoms with van der Waals surface area (Å²) in [5, 5.41) is 13.2. The number of likely N-dealkylation sites (N-methyl/N-ethyl adjacent to an activating group) is 1. The standard InChI is InChI=1S/C16H25BrN2O2/c1-12-3-6-16(15(17)9-12)21-11-14(20)10-18-7-8-19(2)13-4-5-13/h3,6,9,13-14,18,20H,4-5,7-8,10-11H2,1-2H3. The van der Waals surface area contributed by atoms with E-state index in [1.54, 1.807) is 0 Å². The second-order valence-corrected chi connectivity index (χ2v) is 6.67. The molecule has 0 spiro atoms. The molecule has 1 aromatic carbocycles. The van der Waals surface area contributed by atoms with Crippen molar-refractivity contribution >= 4 is 15.9 Å². The van der Waals surface area contributed by atoms with Crippen LogP contribution in [0.15, 0.2) is 22.7 Å². The molecular weight excluding hydrogens is 332 g/mol. The quantitative estimate of drug-likeness (QED) is 0.665. The van der Waals surface area contributed by atoms with Gasteiger partial charge in [-0.15, -0.1) is 0 Å². The van der Waals surface area contributed by atoms with Gasteiger partial charge in [-0.1, -0.05) is 6.07 Å². The van der Waals surface area contributed by atoms with Gasteiger partial charge in [-0.05, 0) is 60.4 Å². The van der Waals surface area contributed by atoms with E-state index >= 15 is 0 Å². The number of aliphatic hydroxyl groups excluding tert-OH is 1. The maximum atomic E-state index is 9.93. The SMILES string of the molecule is Cc1ccc(OCC(O)CNCCN(C)C2CC2)c(Br)c1. The lowest BCUT2D eigenvalue weighted by Crippen LogP contribution is -2.36. The average molecular weight is 357 g/mol. The fourth-order valence-corrected chi connectivity index (χ4v) is 2.80. The van der Waals surface area contributed by atoms with Crippen molar-refractivity contribution in [3.63, 3.8) is 0 Å². The van der Waals surface area contributed by atoms with Gasteiger partial charge in [-0.2, -0.15) is 0 Å². The second-order valence-electron chi connectivity index (χ2n) is 5.81. The number of hydrogen-bond donors (Lipinski definition) is 2. The monoisotopic (exact) mass is 356 g/mol. The van der Waals surface area contributed by atoms with Gasteiger partial charge in [-0.25, -0.2) is 0 Å². The largest absolute Gasteiger partial charge is 0.490 e. The molecule has 0 aliphatic heterocycles. The van der Waals surface area contributed by atoms with E-state index in [0.29, 0.717) is 13.2 Å². The summed E-state index contributed by atoms with van der Waals surface area (Å²) in [5.41, 5.74) is 1.18. The Hall–Kier alpha value is -0.620. The Morgan fingerprint density at radius 3 is 2.90 bits per heavy atom. The highest BCUT2D eigenvalue weighted by Crippen LogP contribution is 2.26. The summed E-state index contributed by atoms with van der Waals surface area (Å²) in [6.07, 6.45) is 2.17. The molecule has 5 heteroatoms. The molecule has 1 fully saturated rings. The first-order chi connectivity index (χ1) is 10.1. The average Bonchev–Trinajstić information content (AvgIpc) is 3.27. The van der Waals surface area contributed by atoms with Crippen molar-refractivity contribution < 1.29 is 9.84 Å². The first kappa shape index (κ1) is 16.7. The molecule has 0 amide bonds. The lowest BCUT2D eigenvalue weighted by atomic mass is 10.2. The molecule has 1 aromatic rings. The molecule has 1 aliphatic rings. The summed E-state index contributed by atoms with van der Waals surface area (Å²) >= 11 is 3.47. The minimum absolute atomic E-state index is 0.299. The van der Waals surface area contributed by atoms with Crippen LogP contribution in [0, 0.1) is 6.92 Å². The molecule has 118 valence electrons. The van der Waals surface area contributed by atoms with Crippen LogP contribution in [0.5, 0.6) is 5.75 Å². The van der Waals surface area contributed by atoms with E-state index in [1.165, 1.54) is 18.4 Å². The summed E-state index contributed by atoms with van der Waals surface area (Å²) in [6.45, 7) is 4.82. The van der Waals surface area contributed by atoms with Gasteiger partial charge in [0.25, 0.3) is 0 Å².